The molecule has 0 aromatic rings. The highest BCUT2D eigenvalue weighted by Gasteiger charge is 2.72. The summed E-state index contributed by atoms with van der Waals surface area (Å²) in [5.41, 5.74) is -2.03. The lowest BCUT2D eigenvalue weighted by Gasteiger charge is -2.70. The maximum absolute atomic E-state index is 12.3. The molecule has 21 atom stereocenters. The first kappa shape index (κ1) is 43.5. The Labute approximate surface area is 331 Å². The van der Waals surface area contributed by atoms with Gasteiger partial charge in [-0.1, -0.05) is 34.6 Å². The number of ether oxygens (including phenoxy) is 5. The number of fused-ring (bicyclic) bond motifs is 5. The van der Waals surface area contributed by atoms with Crippen LogP contribution in [-0.2, 0) is 23.7 Å². The van der Waals surface area contributed by atoms with Crippen molar-refractivity contribution in [3.8, 4) is 0 Å². The van der Waals surface area contributed by atoms with Crippen molar-refractivity contribution in [3.63, 3.8) is 0 Å². The van der Waals surface area contributed by atoms with Gasteiger partial charge in [-0.05, 0) is 124 Å². The number of aliphatic hydroxyl groups is 9. The lowest BCUT2D eigenvalue weighted by molar-refractivity contribution is -0.378. The van der Waals surface area contributed by atoms with Gasteiger partial charge in [0, 0.05) is 0 Å². The molecule has 0 bridgehead atoms. The molecule has 4 saturated carbocycles. The number of aliphatic hydroxyl groups excluding tert-OH is 8. The first-order valence-electron chi connectivity index (χ1n) is 21.3. The zero-order valence-electron chi connectivity index (χ0n) is 34.7. The molecule has 7 aliphatic rings. The van der Waals surface area contributed by atoms with Crippen LogP contribution in [0.15, 0.2) is 0 Å². The van der Waals surface area contributed by atoms with Crippen LogP contribution in [0.5, 0.6) is 0 Å². The summed E-state index contributed by atoms with van der Waals surface area (Å²) < 4.78 is 31.1. The van der Waals surface area contributed by atoms with E-state index in [4.69, 9.17) is 23.7 Å². The summed E-state index contributed by atoms with van der Waals surface area (Å²) in [5, 5.41) is 96.5. The molecule has 0 amide bonds. The molecule has 0 spiro atoms. The highest BCUT2D eigenvalue weighted by atomic mass is 16.8. The predicted octanol–water partition coefficient (Wildman–Crippen LogP) is 1.36. The van der Waals surface area contributed by atoms with Crippen LogP contribution in [-0.4, -0.2) is 150 Å². The normalized spacial score (nSPS) is 56.0. The monoisotopic (exact) mass is 800 g/mol. The first-order chi connectivity index (χ1) is 26.0. The van der Waals surface area contributed by atoms with Crippen molar-refractivity contribution >= 4 is 0 Å². The fraction of sp³-hybridized carbons (Fsp3) is 1.00. The lowest BCUT2D eigenvalue weighted by atomic mass is 9.35. The average molecular weight is 801 g/mol. The Bertz CT molecular complexity index is 1410. The highest BCUT2D eigenvalue weighted by Crippen LogP contribution is 2.76. The molecule has 14 heteroatoms. The summed E-state index contributed by atoms with van der Waals surface area (Å²) in [7, 11) is 0. The van der Waals surface area contributed by atoms with Crippen molar-refractivity contribution in [1.82, 2.24) is 0 Å². The standard InChI is InChI=1S/C42H72O14/c1-37(2)24-10-15-40(6)25(17-21(45)28-20(9-14-41(28,40)7)42(8)16-12-27(56-42)38(3,4)51)39(24,5)13-11-26(37)54-36-34(32(49)30(47)23(19-44)53-36)55-35-33(50)31(48)29(46)22(18-43)52-35/h20-36,43-51H,9-19H2,1-8H3/t20-,21+,22+,23+,24?,25+,26-,27-,28?,29+,30+,31-,32-,33+,34+,35-,36-,39-,40+,41+,42-/m0/s1. The maximum atomic E-state index is 12.3. The number of rotatable bonds is 8. The molecular weight excluding hydrogens is 728 g/mol. The molecule has 9 N–H and O–H groups in total. The molecule has 56 heavy (non-hydrogen) atoms. The van der Waals surface area contributed by atoms with Gasteiger partial charge in [0.25, 0.3) is 0 Å². The minimum atomic E-state index is -1.75. The summed E-state index contributed by atoms with van der Waals surface area (Å²) in [6, 6.07) is 0. The van der Waals surface area contributed by atoms with Gasteiger partial charge >= 0.3 is 0 Å². The van der Waals surface area contributed by atoms with Gasteiger partial charge in [0.05, 0.1) is 42.7 Å². The Kier molecular flexibility index (Phi) is 11.5. The van der Waals surface area contributed by atoms with Crippen molar-refractivity contribution in [1.29, 1.82) is 0 Å². The van der Waals surface area contributed by atoms with Crippen LogP contribution in [0.3, 0.4) is 0 Å². The highest BCUT2D eigenvalue weighted by molar-refractivity contribution is 5.20. The van der Waals surface area contributed by atoms with Crippen molar-refractivity contribution in [2.24, 2.45) is 45.3 Å². The van der Waals surface area contributed by atoms with E-state index in [1.165, 1.54) is 0 Å². The molecule has 3 saturated heterocycles. The van der Waals surface area contributed by atoms with Crippen LogP contribution < -0.4 is 0 Å². The van der Waals surface area contributed by atoms with Crippen molar-refractivity contribution in [3.05, 3.63) is 0 Å². The van der Waals surface area contributed by atoms with Crippen LogP contribution in [0, 0.1) is 45.3 Å². The summed E-state index contributed by atoms with van der Waals surface area (Å²) in [6.45, 7) is 16.3. The van der Waals surface area contributed by atoms with E-state index >= 15 is 0 Å². The summed E-state index contributed by atoms with van der Waals surface area (Å²) in [5.74, 6) is 0.725. The fourth-order valence-corrected chi connectivity index (χ4v) is 14.1. The molecule has 4 aliphatic carbocycles. The zero-order chi connectivity index (χ0) is 41.1. The maximum Gasteiger partial charge on any atom is 0.187 e. The van der Waals surface area contributed by atoms with E-state index in [2.05, 4.69) is 41.5 Å². The van der Waals surface area contributed by atoms with Crippen molar-refractivity contribution in [2.45, 2.75) is 204 Å². The van der Waals surface area contributed by atoms with E-state index in [9.17, 15) is 46.0 Å². The average Bonchev–Trinajstić information content (AvgIpc) is 3.73. The second-order valence-electron chi connectivity index (χ2n) is 21.1. The van der Waals surface area contributed by atoms with Crippen LogP contribution in [0.1, 0.15) is 113 Å². The topological polar surface area (TPSA) is 228 Å². The second-order valence-corrected chi connectivity index (χ2v) is 21.1. The van der Waals surface area contributed by atoms with Gasteiger partial charge in [-0.15, -0.1) is 0 Å². The fourth-order valence-electron chi connectivity index (χ4n) is 14.1. The second kappa shape index (κ2) is 14.8. The van der Waals surface area contributed by atoms with Gasteiger partial charge in [0.2, 0.25) is 0 Å². The Morgan fingerprint density at radius 2 is 1.25 bits per heavy atom. The van der Waals surface area contributed by atoms with Gasteiger partial charge in [-0.3, -0.25) is 0 Å². The lowest BCUT2D eigenvalue weighted by Crippen LogP contribution is -2.68. The van der Waals surface area contributed by atoms with E-state index in [0.717, 1.165) is 44.9 Å². The summed E-state index contributed by atoms with van der Waals surface area (Å²) in [6.07, 6.45) is -8.45. The smallest absolute Gasteiger partial charge is 0.187 e. The molecule has 14 nitrogen and oxygen atoms in total. The summed E-state index contributed by atoms with van der Waals surface area (Å²) in [4.78, 5) is 0. The van der Waals surface area contributed by atoms with Gasteiger partial charge in [0.15, 0.2) is 12.6 Å². The van der Waals surface area contributed by atoms with Crippen LogP contribution in [0.2, 0.25) is 0 Å². The zero-order valence-corrected chi connectivity index (χ0v) is 34.7. The van der Waals surface area contributed by atoms with Crippen molar-refractivity contribution < 1.29 is 69.6 Å². The Hall–Kier alpha value is -0.560. The van der Waals surface area contributed by atoms with Crippen LogP contribution >= 0.6 is 0 Å². The Morgan fingerprint density at radius 3 is 1.86 bits per heavy atom. The Morgan fingerprint density at radius 1 is 0.643 bits per heavy atom. The molecule has 7 rings (SSSR count). The van der Waals surface area contributed by atoms with Gasteiger partial charge < -0.3 is 69.6 Å². The molecular formula is C42H72O14. The van der Waals surface area contributed by atoms with Crippen molar-refractivity contribution in [2.75, 3.05) is 13.2 Å². The molecule has 2 unspecified atom stereocenters. The minimum Gasteiger partial charge on any atom is -0.394 e. The quantitative estimate of drug-likeness (QED) is 0.158. The minimum absolute atomic E-state index is 0.0311. The van der Waals surface area contributed by atoms with E-state index < -0.39 is 103 Å². The van der Waals surface area contributed by atoms with Crippen LogP contribution in [0.4, 0.5) is 0 Å². The molecule has 7 fully saturated rings. The van der Waals surface area contributed by atoms with E-state index in [1.54, 1.807) is 0 Å². The SMILES string of the molecule is CC(C)(O)[C@@H]1CC[C@@](C)([C@H]2CC[C@]3(C)C2[C@H](O)C[C@@H]2[C@@]4(C)CC[C@H](O[C@@H]5O[C@H](CO)[C@@H](O)[C@H](O)[C@H]5O[C@@H]5O[C@H](CO)[C@@H](O)[C@H](O)[C@H]5O)C(C)(C)C4CC[C@]23C)O1. The third-order valence-corrected chi connectivity index (χ3v) is 17.5. The van der Waals surface area contributed by atoms with Gasteiger partial charge in [-0.25, -0.2) is 0 Å². The molecule has 0 aromatic heterocycles. The summed E-state index contributed by atoms with van der Waals surface area (Å²) >= 11 is 0. The van der Waals surface area contributed by atoms with E-state index in [1.807, 2.05) is 13.8 Å². The van der Waals surface area contributed by atoms with Gasteiger partial charge in [0.1, 0.15) is 48.8 Å². The van der Waals surface area contributed by atoms with E-state index in [-0.39, 0.29) is 46.0 Å². The van der Waals surface area contributed by atoms with Gasteiger partial charge in [-0.2, -0.15) is 0 Å². The number of hydrogen-bond acceptors (Lipinski definition) is 14. The largest absolute Gasteiger partial charge is 0.394 e. The third-order valence-electron chi connectivity index (χ3n) is 17.5. The van der Waals surface area contributed by atoms with Crippen LogP contribution in [0.25, 0.3) is 0 Å². The molecule has 0 aromatic carbocycles. The first-order valence-corrected chi connectivity index (χ1v) is 21.3. The predicted molar refractivity (Wildman–Crippen MR) is 200 cm³/mol. The molecule has 3 heterocycles. The molecule has 324 valence electrons. The molecule has 3 aliphatic heterocycles. The van der Waals surface area contributed by atoms with E-state index in [0.29, 0.717) is 12.8 Å². The Balaban J connectivity index is 1.11. The molecule has 0 radical (unpaired) electrons. The third kappa shape index (κ3) is 6.58. The number of hydrogen-bond donors (Lipinski definition) is 9.